The summed E-state index contributed by atoms with van der Waals surface area (Å²) in [5, 5.41) is 9.14. The van der Waals surface area contributed by atoms with Crippen molar-refractivity contribution >= 4 is 11.4 Å². The summed E-state index contributed by atoms with van der Waals surface area (Å²) in [5.74, 6) is 1.62. The number of benzene rings is 3. The van der Waals surface area contributed by atoms with Gasteiger partial charge in [-0.15, -0.1) is 0 Å². The Hall–Kier alpha value is -3.14. The Balaban J connectivity index is 1.91. The molecule has 0 unspecified atom stereocenters. The van der Waals surface area contributed by atoms with Crippen molar-refractivity contribution in [1.29, 1.82) is 0 Å². The Morgan fingerprint density at radius 3 is 1.89 bits per heavy atom. The Labute approximate surface area is 211 Å². The first kappa shape index (κ1) is 26.5. The van der Waals surface area contributed by atoms with Gasteiger partial charge in [0, 0.05) is 12.0 Å². The third-order valence-electron chi connectivity index (χ3n) is 5.95. The molecule has 0 bridgehead atoms. The van der Waals surface area contributed by atoms with Gasteiger partial charge in [0.05, 0.1) is 24.6 Å². The zero-order valence-corrected chi connectivity index (χ0v) is 21.4. The molecule has 0 spiro atoms. The molecule has 0 saturated carbocycles. The van der Waals surface area contributed by atoms with Crippen molar-refractivity contribution in [3.05, 3.63) is 83.9 Å². The normalized spacial score (nSPS) is 11.1. The van der Waals surface area contributed by atoms with Gasteiger partial charge < -0.3 is 9.47 Å². The molecule has 3 rings (SSSR count). The zero-order valence-electron chi connectivity index (χ0n) is 21.4. The van der Waals surface area contributed by atoms with E-state index in [1.54, 1.807) is 0 Å². The second kappa shape index (κ2) is 15.7. The molecule has 0 fully saturated rings. The van der Waals surface area contributed by atoms with Crippen LogP contribution in [0.25, 0.3) is 0 Å². The highest BCUT2D eigenvalue weighted by atomic mass is 16.5. The molecule has 0 aliphatic carbocycles. The predicted octanol–water partition coefficient (Wildman–Crippen LogP) is 9.61. The molecule has 0 heterocycles. The molecule has 0 atom stereocenters. The average molecular weight is 473 g/mol. The highest BCUT2D eigenvalue weighted by Crippen LogP contribution is 2.40. The van der Waals surface area contributed by atoms with Gasteiger partial charge in [0.2, 0.25) is 0 Å². The van der Waals surface area contributed by atoms with Crippen LogP contribution in [-0.2, 0) is 6.42 Å². The van der Waals surface area contributed by atoms with Gasteiger partial charge in [-0.05, 0) is 42.7 Å². The third-order valence-corrected chi connectivity index (χ3v) is 5.95. The maximum Gasteiger partial charge on any atom is 0.166 e. The summed E-state index contributed by atoms with van der Waals surface area (Å²) in [6.45, 7) is 5.82. The molecule has 35 heavy (non-hydrogen) atoms. The molecule has 3 aromatic rings. The number of unbranched alkanes of at least 4 members (excludes halogenated alkanes) is 6. The summed E-state index contributed by atoms with van der Waals surface area (Å²) < 4.78 is 12.7. The minimum Gasteiger partial charge on any atom is -0.490 e. The molecule has 0 aliphatic rings. The summed E-state index contributed by atoms with van der Waals surface area (Å²) in [4.78, 5) is 0. The van der Waals surface area contributed by atoms with Crippen molar-refractivity contribution in [3.8, 4) is 11.5 Å². The highest BCUT2D eigenvalue weighted by Gasteiger charge is 2.17. The van der Waals surface area contributed by atoms with Crippen LogP contribution in [0.3, 0.4) is 0 Å². The summed E-state index contributed by atoms with van der Waals surface area (Å²) in [6.07, 6.45) is 10.0. The van der Waals surface area contributed by atoms with Crippen LogP contribution in [0.4, 0.5) is 11.4 Å². The van der Waals surface area contributed by atoms with Crippen LogP contribution in [0.15, 0.2) is 83.0 Å². The smallest absolute Gasteiger partial charge is 0.166 e. The fraction of sp³-hybridized carbons (Fsp3) is 0.419. The minimum atomic E-state index is 0.674. The van der Waals surface area contributed by atoms with E-state index in [1.165, 1.54) is 44.1 Å². The van der Waals surface area contributed by atoms with Crippen molar-refractivity contribution in [3.63, 3.8) is 0 Å². The first-order valence-corrected chi connectivity index (χ1v) is 13.2. The second-order valence-corrected chi connectivity index (χ2v) is 8.91. The first-order chi connectivity index (χ1) is 17.3. The molecule has 0 aliphatic heterocycles. The lowest BCUT2D eigenvalue weighted by Gasteiger charge is -2.18. The van der Waals surface area contributed by atoms with Crippen LogP contribution in [0.1, 0.15) is 76.3 Å². The van der Waals surface area contributed by atoms with Crippen molar-refractivity contribution in [1.82, 2.24) is 0 Å². The number of nitrogens with zero attached hydrogens (tertiary/aromatic N) is 2. The second-order valence-electron chi connectivity index (χ2n) is 8.91. The maximum atomic E-state index is 6.43. The van der Waals surface area contributed by atoms with Gasteiger partial charge in [-0.1, -0.05) is 101 Å². The van der Waals surface area contributed by atoms with E-state index < -0.39 is 0 Å². The fourth-order valence-corrected chi connectivity index (χ4v) is 3.95. The molecule has 0 saturated heterocycles. The molecule has 3 aromatic carbocycles. The number of azo groups is 1. The van der Waals surface area contributed by atoms with E-state index >= 15 is 0 Å². The van der Waals surface area contributed by atoms with Crippen molar-refractivity contribution in [2.75, 3.05) is 13.2 Å². The number of ether oxygens (including phenoxy) is 2. The fourth-order valence-electron chi connectivity index (χ4n) is 3.95. The van der Waals surface area contributed by atoms with Crippen LogP contribution < -0.4 is 9.47 Å². The van der Waals surface area contributed by atoms with Gasteiger partial charge in [0.25, 0.3) is 0 Å². The zero-order chi connectivity index (χ0) is 24.6. The summed E-state index contributed by atoms with van der Waals surface area (Å²) >= 11 is 0. The lowest BCUT2D eigenvalue weighted by molar-refractivity contribution is 0.257. The van der Waals surface area contributed by atoms with Crippen LogP contribution >= 0.6 is 0 Å². The summed E-state index contributed by atoms with van der Waals surface area (Å²) in [5.41, 5.74) is 3.88. The Bertz CT molecular complexity index is 1000. The molecule has 0 amide bonds. The number of rotatable bonds is 16. The largest absolute Gasteiger partial charge is 0.490 e. The minimum absolute atomic E-state index is 0.674. The van der Waals surface area contributed by atoms with Crippen LogP contribution in [0, 0.1) is 0 Å². The predicted molar refractivity (Wildman–Crippen MR) is 146 cm³/mol. The van der Waals surface area contributed by atoms with E-state index in [1.807, 2.05) is 48.5 Å². The van der Waals surface area contributed by atoms with E-state index in [4.69, 9.17) is 9.47 Å². The molecule has 186 valence electrons. The molecular formula is C31H40N2O2. The van der Waals surface area contributed by atoms with Gasteiger partial charge in [0.15, 0.2) is 11.5 Å². The standard InChI is InChI=1S/C31H40N2O2/c1-3-5-7-15-23-34-30-22-21-29(33-32-27-19-13-10-14-20-27)28(25-26-17-11-9-12-18-26)31(30)35-24-16-8-6-4-2/h9-14,17-22H,3-8,15-16,23-25H2,1-2H3. The Morgan fingerprint density at radius 1 is 0.600 bits per heavy atom. The van der Waals surface area contributed by atoms with Gasteiger partial charge in [-0.2, -0.15) is 10.2 Å². The van der Waals surface area contributed by atoms with Gasteiger partial charge >= 0.3 is 0 Å². The van der Waals surface area contributed by atoms with Crippen molar-refractivity contribution < 1.29 is 9.47 Å². The lowest BCUT2D eigenvalue weighted by Crippen LogP contribution is -2.06. The van der Waals surface area contributed by atoms with Crippen LogP contribution in [0.5, 0.6) is 11.5 Å². The first-order valence-electron chi connectivity index (χ1n) is 13.2. The lowest BCUT2D eigenvalue weighted by atomic mass is 10.0. The van der Waals surface area contributed by atoms with E-state index in [2.05, 4.69) is 48.3 Å². The summed E-state index contributed by atoms with van der Waals surface area (Å²) in [7, 11) is 0. The molecule has 4 heteroatoms. The average Bonchev–Trinajstić information content (AvgIpc) is 2.90. The molecular weight excluding hydrogens is 432 g/mol. The van der Waals surface area contributed by atoms with Crippen molar-refractivity contribution in [2.24, 2.45) is 10.2 Å². The topological polar surface area (TPSA) is 43.2 Å². The summed E-state index contributed by atoms with van der Waals surface area (Å²) in [6, 6.07) is 24.3. The monoisotopic (exact) mass is 472 g/mol. The SMILES string of the molecule is CCCCCCOc1ccc(N=Nc2ccccc2)c(Cc2ccccc2)c1OCCCCCC. The molecule has 0 N–H and O–H groups in total. The van der Waals surface area contributed by atoms with Gasteiger partial charge in [-0.25, -0.2) is 0 Å². The quantitative estimate of drug-likeness (QED) is 0.154. The van der Waals surface area contributed by atoms with Crippen LogP contribution in [-0.4, -0.2) is 13.2 Å². The number of hydrogen-bond donors (Lipinski definition) is 0. The third kappa shape index (κ3) is 9.20. The van der Waals surface area contributed by atoms with Gasteiger partial charge in [0.1, 0.15) is 0 Å². The molecule has 4 nitrogen and oxygen atoms in total. The highest BCUT2D eigenvalue weighted by molar-refractivity contribution is 5.61. The molecule has 0 radical (unpaired) electrons. The Morgan fingerprint density at radius 2 is 1.23 bits per heavy atom. The number of hydrogen-bond acceptors (Lipinski definition) is 4. The van der Waals surface area contributed by atoms with E-state index in [0.717, 1.165) is 41.3 Å². The maximum absolute atomic E-state index is 6.43. The molecule has 0 aromatic heterocycles. The van der Waals surface area contributed by atoms with Crippen molar-refractivity contribution in [2.45, 2.75) is 71.6 Å². The van der Waals surface area contributed by atoms with E-state index in [9.17, 15) is 0 Å². The van der Waals surface area contributed by atoms with E-state index in [0.29, 0.717) is 19.6 Å². The Kier molecular flexibility index (Phi) is 11.9. The van der Waals surface area contributed by atoms with E-state index in [-0.39, 0.29) is 0 Å². The van der Waals surface area contributed by atoms with Gasteiger partial charge in [-0.3, -0.25) is 0 Å². The van der Waals surface area contributed by atoms with Crippen LogP contribution in [0.2, 0.25) is 0 Å².